The number of nitrogens with zero attached hydrogens (tertiary/aromatic N) is 5. The van der Waals surface area contributed by atoms with Crippen molar-refractivity contribution in [2.45, 2.75) is 26.2 Å². The van der Waals surface area contributed by atoms with Crippen LogP contribution < -0.4 is 0 Å². The van der Waals surface area contributed by atoms with Crippen molar-refractivity contribution >= 4 is 65.4 Å². The van der Waals surface area contributed by atoms with E-state index >= 15 is 0 Å². The highest BCUT2D eigenvalue weighted by Gasteiger charge is 2.33. The number of aryl methyl sites for hydroxylation is 2. The fourth-order valence-corrected chi connectivity index (χ4v) is 14.4. The van der Waals surface area contributed by atoms with E-state index < -0.39 is 23.5 Å². The number of rotatable bonds is 10. The molecular weight excluding hydrogens is 1220 g/mol. The first-order valence-corrected chi connectivity index (χ1v) is 32.0. The second-order valence-corrected chi connectivity index (χ2v) is 24.9. The van der Waals surface area contributed by atoms with Crippen LogP contribution in [0.5, 0.6) is 0 Å². The minimum atomic E-state index is -4.62. The average molecular weight is 1270 g/mol. The molecule has 97 heavy (non-hydrogen) atoms. The summed E-state index contributed by atoms with van der Waals surface area (Å²) in [6.45, 7) is 3.30. The topological polar surface area (TPSA) is 40.6 Å². The summed E-state index contributed by atoms with van der Waals surface area (Å²) in [6, 6.07) is 96.8. The molecule has 0 spiro atoms. The Morgan fingerprint density at radius 1 is 0.258 bits per heavy atom. The van der Waals surface area contributed by atoms with E-state index in [2.05, 4.69) is 171 Å². The van der Waals surface area contributed by atoms with Gasteiger partial charge in [-0.3, -0.25) is 0 Å². The van der Waals surface area contributed by atoms with Gasteiger partial charge in [0.2, 0.25) is 0 Å². The molecule has 0 fully saturated rings. The normalized spacial score (nSPS) is 12.1. The molecule has 0 bridgehead atoms. The molecule has 17 aromatic rings. The van der Waals surface area contributed by atoms with E-state index in [4.69, 9.17) is 9.97 Å². The fourth-order valence-electron chi connectivity index (χ4n) is 14.4. The molecule has 0 radical (unpaired) electrons. The molecule has 0 amide bonds. The zero-order valence-electron chi connectivity index (χ0n) is 52.3. The smallest absolute Gasteiger partial charge is 0.309 e. The van der Waals surface area contributed by atoms with Crippen molar-refractivity contribution in [2.24, 2.45) is 0 Å². The van der Waals surface area contributed by atoms with E-state index in [1.54, 1.807) is 26.0 Å². The quantitative estimate of drug-likeness (QED) is 0.128. The van der Waals surface area contributed by atoms with Crippen LogP contribution in [0.1, 0.15) is 22.3 Å². The largest absolute Gasteiger partial charge is 0.416 e. The Morgan fingerprint density at radius 2 is 0.629 bits per heavy atom. The highest BCUT2D eigenvalue weighted by molar-refractivity contribution is 6.14. The lowest BCUT2D eigenvalue weighted by Gasteiger charge is -2.22. The molecule has 0 N–H and O–H groups in total. The van der Waals surface area contributed by atoms with Crippen molar-refractivity contribution in [3.8, 4) is 95.5 Å². The molecule has 13 aromatic carbocycles. The predicted octanol–water partition coefficient (Wildman–Crippen LogP) is 24.1. The number of benzene rings is 13. The third-order valence-electron chi connectivity index (χ3n) is 18.7. The van der Waals surface area contributed by atoms with Gasteiger partial charge in [0.05, 0.1) is 61.3 Å². The third kappa shape index (κ3) is 10.3. The maximum atomic E-state index is 14.7. The molecule has 0 aliphatic rings. The number of alkyl halides is 6. The minimum absolute atomic E-state index is 0.365. The zero-order chi connectivity index (χ0) is 65.8. The Balaban J connectivity index is 1.02. The summed E-state index contributed by atoms with van der Waals surface area (Å²) in [6.07, 6.45) is -9.24. The average Bonchev–Trinajstić information content (AvgIpc) is 1.79. The van der Waals surface area contributed by atoms with E-state index in [-0.39, 0.29) is 0 Å². The van der Waals surface area contributed by atoms with Crippen molar-refractivity contribution in [3.63, 3.8) is 0 Å². The van der Waals surface area contributed by atoms with Crippen LogP contribution in [0.25, 0.3) is 161 Å². The standard InChI is InChI=1S/C86H55F6N5/c1-52-39-60(43-63(41-52)85(87,88)89)56-35-37-81-73(47-56)74-48-57(61-40-53(2)42-64(44-61)86(90,91)92)36-38-82(74)97(81)83-71(58-23-17-25-65(45-58)95-77-31-13-9-27-67(77)68-28-10-14-32-78(68)95)49-62(76-51-75(54-19-5-3-6-20-54)93-84(94-76)55-21-7-4-8-22-55)50-72(83)59-24-18-26-66(46-59)96-79-33-15-11-29-69(79)70-30-12-16-34-80(70)96/h3-51H,1-2H3. The third-order valence-corrected chi connectivity index (χ3v) is 18.7. The van der Waals surface area contributed by atoms with Gasteiger partial charge >= 0.3 is 12.4 Å². The maximum absolute atomic E-state index is 14.7. The fraction of sp³-hybridized carbons (Fsp3) is 0.0465. The zero-order valence-corrected chi connectivity index (χ0v) is 52.3. The monoisotopic (exact) mass is 1270 g/mol. The number of aromatic nitrogens is 5. The van der Waals surface area contributed by atoms with Gasteiger partial charge in [0.15, 0.2) is 5.82 Å². The van der Waals surface area contributed by atoms with Crippen LogP contribution in [0.2, 0.25) is 0 Å². The molecule has 0 atom stereocenters. The summed E-state index contributed by atoms with van der Waals surface area (Å²) in [5, 5.41) is 5.76. The van der Waals surface area contributed by atoms with E-state index in [0.717, 1.165) is 117 Å². The Morgan fingerprint density at radius 3 is 1.05 bits per heavy atom. The van der Waals surface area contributed by atoms with Crippen LogP contribution in [0.3, 0.4) is 0 Å². The first-order chi connectivity index (χ1) is 47.1. The summed E-state index contributed by atoms with van der Waals surface area (Å²) < 4.78 is 95.3. The summed E-state index contributed by atoms with van der Waals surface area (Å²) in [5.41, 5.74) is 16.4. The highest BCUT2D eigenvalue weighted by atomic mass is 19.4. The van der Waals surface area contributed by atoms with Gasteiger partial charge in [0.1, 0.15) is 0 Å². The lowest BCUT2D eigenvalue weighted by atomic mass is 9.91. The Labute approximate surface area is 553 Å². The number of hydrogen-bond acceptors (Lipinski definition) is 2. The Bertz CT molecular complexity index is 5550. The molecule has 5 nitrogen and oxygen atoms in total. The van der Waals surface area contributed by atoms with Gasteiger partial charge in [-0.1, -0.05) is 182 Å². The summed E-state index contributed by atoms with van der Waals surface area (Å²) in [5.74, 6) is 0.534. The van der Waals surface area contributed by atoms with Crippen molar-refractivity contribution in [1.82, 2.24) is 23.7 Å². The van der Waals surface area contributed by atoms with Crippen molar-refractivity contribution in [1.29, 1.82) is 0 Å². The van der Waals surface area contributed by atoms with Crippen LogP contribution in [0.4, 0.5) is 26.3 Å². The van der Waals surface area contributed by atoms with Crippen LogP contribution >= 0.6 is 0 Å². The van der Waals surface area contributed by atoms with Gasteiger partial charge in [0, 0.05) is 71.5 Å². The maximum Gasteiger partial charge on any atom is 0.416 e. The number of hydrogen-bond donors (Lipinski definition) is 0. The van der Waals surface area contributed by atoms with Gasteiger partial charge in [-0.2, -0.15) is 26.3 Å². The van der Waals surface area contributed by atoms with Gasteiger partial charge in [-0.25, -0.2) is 9.97 Å². The molecule has 4 heterocycles. The molecule has 0 aliphatic carbocycles. The van der Waals surface area contributed by atoms with Crippen molar-refractivity contribution < 1.29 is 26.3 Å². The summed E-state index contributed by atoms with van der Waals surface area (Å²) in [7, 11) is 0. The first kappa shape index (κ1) is 58.7. The lowest BCUT2D eigenvalue weighted by molar-refractivity contribution is -0.138. The van der Waals surface area contributed by atoms with E-state index in [1.807, 2.05) is 103 Å². The molecule has 17 rings (SSSR count). The van der Waals surface area contributed by atoms with Crippen molar-refractivity contribution in [2.75, 3.05) is 0 Å². The molecule has 0 saturated carbocycles. The molecule has 0 saturated heterocycles. The van der Waals surface area contributed by atoms with Crippen LogP contribution in [0, 0.1) is 13.8 Å². The van der Waals surface area contributed by atoms with Gasteiger partial charge in [-0.05, 0) is 174 Å². The van der Waals surface area contributed by atoms with Crippen LogP contribution in [-0.4, -0.2) is 23.7 Å². The predicted molar refractivity (Wildman–Crippen MR) is 383 cm³/mol. The Kier molecular flexibility index (Phi) is 13.8. The number of halogens is 6. The SMILES string of the molecule is Cc1cc(-c2ccc3c(c2)c2cc(-c4cc(C)cc(C(F)(F)F)c4)ccc2n3-c2c(-c3cccc(-n4c5ccccc5c5ccccc54)c3)cc(-c3cc(-c4ccccc4)nc(-c4ccccc4)n3)cc2-c2cccc(-n3c4ccccc4c4ccccc43)c2)cc(C(F)(F)F)c1. The molecular formula is C86H55F6N5. The molecule has 0 aliphatic heterocycles. The molecule has 0 unspecified atom stereocenters. The second kappa shape index (κ2) is 22.8. The van der Waals surface area contributed by atoms with Crippen LogP contribution in [0.15, 0.2) is 297 Å². The molecule has 11 heteroatoms. The molecule has 466 valence electrons. The molecule has 4 aromatic heterocycles. The summed E-state index contributed by atoms with van der Waals surface area (Å²) >= 11 is 0. The van der Waals surface area contributed by atoms with Crippen LogP contribution in [-0.2, 0) is 12.4 Å². The van der Waals surface area contributed by atoms with Crippen molar-refractivity contribution in [3.05, 3.63) is 320 Å². The van der Waals surface area contributed by atoms with E-state index in [1.165, 1.54) is 12.1 Å². The summed E-state index contributed by atoms with van der Waals surface area (Å²) in [4.78, 5) is 10.7. The Hall–Kier alpha value is -12.1. The minimum Gasteiger partial charge on any atom is -0.309 e. The van der Waals surface area contributed by atoms with E-state index in [0.29, 0.717) is 66.7 Å². The first-order valence-electron chi connectivity index (χ1n) is 32.0. The lowest BCUT2D eigenvalue weighted by Crippen LogP contribution is -2.05. The van der Waals surface area contributed by atoms with Gasteiger partial charge < -0.3 is 13.7 Å². The number of para-hydroxylation sites is 4. The van der Waals surface area contributed by atoms with Gasteiger partial charge in [-0.15, -0.1) is 0 Å². The van der Waals surface area contributed by atoms with E-state index in [9.17, 15) is 26.3 Å². The second-order valence-electron chi connectivity index (χ2n) is 24.9. The number of fused-ring (bicyclic) bond motifs is 9. The van der Waals surface area contributed by atoms with Gasteiger partial charge in [0.25, 0.3) is 0 Å². The highest BCUT2D eigenvalue weighted by Crippen LogP contribution is 2.48.